The average molecular weight is 535 g/mol. The number of carbonyl (C=O) groups is 1. The Morgan fingerprint density at radius 2 is 2.05 bits per heavy atom. The van der Waals surface area contributed by atoms with E-state index in [4.69, 9.17) is 9.26 Å². The van der Waals surface area contributed by atoms with E-state index in [0.717, 1.165) is 38.2 Å². The molecular weight excluding hydrogens is 497 g/mol. The van der Waals surface area contributed by atoms with Gasteiger partial charge in [-0.1, -0.05) is 25.1 Å². The van der Waals surface area contributed by atoms with Gasteiger partial charge in [-0.3, -0.25) is 4.79 Å². The van der Waals surface area contributed by atoms with Crippen LogP contribution in [0.5, 0.6) is 5.75 Å². The highest BCUT2D eigenvalue weighted by atomic mass is 19.3. The van der Waals surface area contributed by atoms with E-state index < -0.39 is 23.7 Å². The van der Waals surface area contributed by atoms with Crippen molar-refractivity contribution in [2.24, 2.45) is 17.8 Å². The summed E-state index contributed by atoms with van der Waals surface area (Å²) in [6, 6.07) is 4.58. The molecule has 3 aliphatic rings. The lowest BCUT2D eigenvalue weighted by Crippen LogP contribution is -2.35. The third-order valence-corrected chi connectivity index (χ3v) is 8.24. The molecule has 38 heavy (non-hydrogen) atoms. The third kappa shape index (κ3) is 6.61. The third-order valence-electron chi connectivity index (χ3n) is 8.24. The highest BCUT2D eigenvalue weighted by molar-refractivity contribution is 5.79. The topological polar surface area (TPSA) is 80.5 Å². The van der Waals surface area contributed by atoms with Gasteiger partial charge in [0, 0.05) is 44.0 Å². The maximum absolute atomic E-state index is 14.5. The SMILES string of the molecule is CC(C)c1noc(N2CCC([C@H]3C[C@H]3CCOc3ccc(CC(=O)NC4CCC(F)(F)C4)c(F)c3)CC2)n1. The Morgan fingerprint density at radius 1 is 1.26 bits per heavy atom. The van der Waals surface area contributed by atoms with Gasteiger partial charge in [-0.2, -0.15) is 4.98 Å². The van der Waals surface area contributed by atoms with Crippen molar-refractivity contribution in [1.29, 1.82) is 0 Å². The number of anilines is 1. The molecule has 1 unspecified atom stereocenters. The van der Waals surface area contributed by atoms with Crippen LogP contribution in [0, 0.1) is 23.6 Å². The molecule has 0 radical (unpaired) electrons. The maximum Gasteiger partial charge on any atom is 0.324 e. The van der Waals surface area contributed by atoms with Gasteiger partial charge in [-0.15, -0.1) is 0 Å². The average Bonchev–Trinajstić information content (AvgIpc) is 3.30. The minimum atomic E-state index is -2.73. The van der Waals surface area contributed by atoms with Crippen LogP contribution in [0.15, 0.2) is 22.7 Å². The second kappa shape index (κ2) is 11.1. The van der Waals surface area contributed by atoms with Gasteiger partial charge in [0.15, 0.2) is 5.82 Å². The highest BCUT2D eigenvalue weighted by Gasteiger charge is 2.43. The summed E-state index contributed by atoms with van der Waals surface area (Å²) in [6.07, 6.45) is 3.87. The first-order valence-corrected chi connectivity index (χ1v) is 13.8. The molecule has 2 aliphatic carbocycles. The first-order valence-electron chi connectivity index (χ1n) is 13.8. The fraction of sp³-hybridized carbons (Fsp3) is 0.679. The van der Waals surface area contributed by atoms with E-state index in [2.05, 4.69) is 34.2 Å². The Labute approximate surface area is 221 Å². The van der Waals surface area contributed by atoms with Crippen molar-refractivity contribution < 1.29 is 27.2 Å². The van der Waals surface area contributed by atoms with Crippen molar-refractivity contribution in [2.75, 3.05) is 24.6 Å². The molecule has 1 aromatic carbocycles. The van der Waals surface area contributed by atoms with Crippen molar-refractivity contribution in [3.63, 3.8) is 0 Å². The molecule has 3 fully saturated rings. The quantitative estimate of drug-likeness (QED) is 0.434. The van der Waals surface area contributed by atoms with Gasteiger partial charge in [-0.25, -0.2) is 13.2 Å². The molecule has 0 spiro atoms. The molecule has 7 nitrogen and oxygen atoms in total. The normalized spacial score (nSPS) is 25.1. The summed E-state index contributed by atoms with van der Waals surface area (Å²) < 4.78 is 52.4. The van der Waals surface area contributed by atoms with E-state index in [-0.39, 0.29) is 37.2 Å². The van der Waals surface area contributed by atoms with Crippen molar-refractivity contribution in [3.8, 4) is 5.75 Å². The fourth-order valence-electron chi connectivity index (χ4n) is 5.90. The standard InChI is InChI=1S/C28H37F3N4O3/c1-17(2)26-33-27(38-34-26)35-10-6-18(7-11-35)23-13-19(23)8-12-37-22-4-3-20(24(29)15-22)14-25(36)32-21-5-9-28(30,31)16-21/h3-4,15,17-19,21,23H,5-14,16H2,1-2H3,(H,32,36)/t19-,21?,23-/m1/s1. The number of halogens is 3. The van der Waals surface area contributed by atoms with Crippen LogP contribution < -0.4 is 15.0 Å². The zero-order valence-corrected chi connectivity index (χ0v) is 22.1. The van der Waals surface area contributed by atoms with Gasteiger partial charge in [-0.05, 0) is 61.5 Å². The number of ether oxygens (including phenoxy) is 1. The molecule has 1 amide bonds. The van der Waals surface area contributed by atoms with Gasteiger partial charge in [0.2, 0.25) is 11.8 Å². The molecule has 0 bridgehead atoms. The van der Waals surface area contributed by atoms with Crippen molar-refractivity contribution in [2.45, 2.75) is 83.1 Å². The van der Waals surface area contributed by atoms with E-state index in [1.165, 1.54) is 18.6 Å². The molecule has 1 N–H and O–H groups in total. The first-order chi connectivity index (χ1) is 18.2. The lowest BCUT2D eigenvalue weighted by Gasteiger charge is -2.30. The number of amides is 1. The number of hydrogen-bond donors (Lipinski definition) is 1. The maximum atomic E-state index is 14.5. The molecule has 208 valence electrons. The van der Waals surface area contributed by atoms with E-state index in [9.17, 15) is 18.0 Å². The van der Waals surface area contributed by atoms with Crippen LogP contribution in [0.25, 0.3) is 0 Å². The predicted octanol–water partition coefficient (Wildman–Crippen LogP) is 5.50. The summed E-state index contributed by atoms with van der Waals surface area (Å²) >= 11 is 0. The van der Waals surface area contributed by atoms with E-state index in [0.29, 0.717) is 36.1 Å². The number of nitrogens with one attached hydrogen (secondary N) is 1. The molecule has 1 aromatic heterocycles. The molecule has 2 heterocycles. The molecule has 1 aliphatic heterocycles. The molecule has 2 saturated carbocycles. The zero-order chi connectivity index (χ0) is 26.9. The van der Waals surface area contributed by atoms with Gasteiger partial charge in [0.25, 0.3) is 0 Å². The van der Waals surface area contributed by atoms with E-state index in [1.54, 1.807) is 6.07 Å². The highest BCUT2D eigenvalue weighted by Crippen LogP contribution is 2.50. The molecule has 10 heteroatoms. The minimum Gasteiger partial charge on any atom is -0.493 e. The van der Waals surface area contributed by atoms with Gasteiger partial charge in [0.05, 0.1) is 13.0 Å². The lowest BCUT2D eigenvalue weighted by molar-refractivity contribution is -0.121. The largest absolute Gasteiger partial charge is 0.493 e. The number of aromatic nitrogens is 2. The molecular formula is C28H37F3N4O3. The second-order valence-electron chi connectivity index (χ2n) is 11.5. The Morgan fingerprint density at radius 3 is 2.71 bits per heavy atom. The fourth-order valence-corrected chi connectivity index (χ4v) is 5.90. The summed E-state index contributed by atoms with van der Waals surface area (Å²) in [7, 11) is 0. The number of rotatable bonds is 10. The molecule has 1 saturated heterocycles. The van der Waals surface area contributed by atoms with Gasteiger partial charge in [0.1, 0.15) is 11.6 Å². The Bertz CT molecular complexity index is 1120. The smallest absolute Gasteiger partial charge is 0.324 e. The summed E-state index contributed by atoms with van der Waals surface area (Å²) in [6.45, 7) is 6.49. The van der Waals surface area contributed by atoms with Crippen LogP contribution in [0.3, 0.4) is 0 Å². The van der Waals surface area contributed by atoms with Crippen molar-refractivity contribution in [3.05, 3.63) is 35.4 Å². The molecule has 3 atom stereocenters. The van der Waals surface area contributed by atoms with Crippen LogP contribution in [-0.2, 0) is 11.2 Å². The van der Waals surface area contributed by atoms with Crippen molar-refractivity contribution >= 4 is 11.9 Å². The van der Waals surface area contributed by atoms with Crippen LogP contribution in [-0.4, -0.2) is 47.7 Å². The molecule has 5 rings (SSSR count). The number of piperidine rings is 1. The number of benzene rings is 1. The number of nitrogens with zero attached hydrogens (tertiary/aromatic N) is 3. The summed E-state index contributed by atoms with van der Waals surface area (Å²) in [5.74, 6) is -0.203. The Kier molecular flexibility index (Phi) is 7.86. The lowest BCUT2D eigenvalue weighted by atomic mass is 9.90. The zero-order valence-electron chi connectivity index (χ0n) is 22.1. The predicted molar refractivity (Wildman–Crippen MR) is 136 cm³/mol. The number of carbonyl (C=O) groups excluding carboxylic acids is 1. The summed E-state index contributed by atoms with van der Waals surface area (Å²) in [5, 5.41) is 6.66. The van der Waals surface area contributed by atoms with Gasteiger partial charge >= 0.3 is 6.01 Å². The van der Waals surface area contributed by atoms with Crippen molar-refractivity contribution in [1.82, 2.24) is 15.5 Å². The minimum absolute atomic E-state index is 0.178. The monoisotopic (exact) mass is 534 g/mol. The van der Waals surface area contributed by atoms with Crippen LogP contribution in [0.1, 0.15) is 76.1 Å². The van der Waals surface area contributed by atoms with Crippen LogP contribution in [0.2, 0.25) is 0 Å². The summed E-state index contributed by atoms with van der Waals surface area (Å²) in [5.41, 5.74) is 0.231. The van der Waals surface area contributed by atoms with E-state index in [1.807, 2.05) is 0 Å². The summed E-state index contributed by atoms with van der Waals surface area (Å²) in [4.78, 5) is 18.9. The van der Waals surface area contributed by atoms with Crippen LogP contribution in [0.4, 0.5) is 19.2 Å². The molecule has 2 aromatic rings. The van der Waals surface area contributed by atoms with Gasteiger partial charge < -0.3 is 19.5 Å². The number of alkyl halides is 2. The van der Waals surface area contributed by atoms with Crippen LogP contribution >= 0.6 is 0 Å². The second-order valence-corrected chi connectivity index (χ2v) is 11.5. The Hall–Kier alpha value is -2.78. The first kappa shape index (κ1) is 26.8. The number of hydrogen-bond acceptors (Lipinski definition) is 6. The van der Waals surface area contributed by atoms with E-state index >= 15 is 0 Å². The Balaban J connectivity index is 1.00.